The molecule has 1 atom stereocenters. The molecular weight excluding hydrogens is 267 g/mol. The van der Waals surface area contributed by atoms with Crippen LogP contribution in [0, 0.1) is 17.5 Å². The molecule has 0 radical (unpaired) electrons. The van der Waals surface area contributed by atoms with Gasteiger partial charge in [-0.25, -0.2) is 13.2 Å². The van der Waals surface area contributed by atoms with E-state index in [1.165, 1.54) is 0 Å². The molecule has 2 N–H and O–H groups in total. The van der Waals surface area contributed by atoms with E-state index in [-0.39, 0.29) is 5.56 Å². The van der Waals surface area contributed by atoms with Crippen molar-refractivity contribution in [1.82, 2.24) is 9.78 Å². The molecule has 2 rings (SSSR count). The average Bonchev–Trinajstić information content (AvgIpc) is 2.87. The van der Waals surface area contributed by atoms with Crippen LogP contribution in [0.15, 0.2) is 18.2 Å². The van der Waals surface area contributed by atoms with E-state index in [4.69, 9.17) is 5.73 Å². The van der Waals surface area contributed by atoms with Crippen LogP contribution in [0.4, 0.5) is 13.2 Å². The topological polar surface area (TPSA) is 43.8 Å². The molecule has 0 bridgehead atoms. The Labute approximate surface area is 115 Å². The van der Waals surface area contributed by atoms with Gasteiger partial charge in [0.05, 0.1) is 17.4 Å². The third-order valence-electron chi connectivity index (χ3n) is 3.24. The number of aryl methyl sites for hydroxylation is 2. The number of aromatic nitrogens is 2. The van der Waals surface area contributed by atoms with Crippen molar-refractivity contribution < 1.29 is 13.2 Å². The minimum absolute atomic E-state index is 0.0823. The van der Waals surface area contributed by atoms with E-state index in [0.717, 1.165) is 17.8 Å². The van der Waals surface area contributed by atoms with Gasteiger partial charge in [-0.1, -0.05) is 13.0 Å². The number of benzene rings is 1. The van der Waals surface area contributed by atoms with Crippen molar-refractivity contribution in [2.24, 2.45) is 5.73 Å². The Morgan fingerprint density at radius 3 is 2.50 bits per heavy atom. The standard InChI is InChI=1S/C14H16F3N3/c1-3-8-7-11(20(4-2)19-8)14(18)9-5-6-10(15)13(17)12(9)16/h5-7,14H,3-4,18H2,1-2H3. The van der Waals surface area contributed by atoms with Gasteiger partial charge in [0.25, 0.3) is 0 Å². The molecule has 0 spiro atoms. The van der Waals surface area contributed by atoms with E-state index in [1.54, 1.807) is 10.7 Å². The molecule has 1 aromatic carbocycles. The van der Waals surface area contributed by atoms with E-state index in [1.807, 2.05) is 13.8 Å². The Morgan fingerprint density at radius 1 is 1.20 bits per heavy atom. The normalized spacial score (nSPS) is 12.7. The minimum Gasteiger partial charge on any atom is -0.319 e. The SMILES string of the molecule is CCc1cc(C(N)c2ccc(F)c(F)c2F)n(CC)n1. The van der Waals surface area contributed by atoms with Gasteiger partial charge in [-0.3, -0.25) is 4.68 Å². The third kappa shape index (κ3) is 2.43. The summed E-state index contributed by atoms with van der Waals surface area (Å²) in [5.74, 6) is -3.98. The summed E-state index contributed by atoms with van der Waals surface area (Å²) in [6.07, 6.45) is 0.715. The predicted octanol–water partition coefficient (Wildman–Crippen LogP) is 2.93. The van der Waals surface area contributed by atoms with Crippen LogP contribution in [0.25, 0.3) is 0 Å². The summed E-state index contributed by atoms with van der Waals surface area (Å²) in [5, 5.41) is 4.31. The Balaban J connectivity index is 2.48. The lowest BCUT2D eigenvalue weighted by Gasteiger charge is -2.15. The molecule has 1 heterocycles. The van der Waals surface area contributed by atoms with Gasteiger partial charge in [0.1, 0.15) is 0 Å². The fraction of sp³-hybridized carbons (Fsp3) is 0.357. The summed E-state index contributed by atoms with van der Waals surface area (Å²) in [4.78, 5) is 0. The highest BCUT2D eigenvalue weighted by molar-refractivity contribution is 5.31. The molecule has 0 saturated heterocycles. The molecule has 0 aliphatic rings. The van der Waals surface area contributed by atoms with Crippen LogP contribution < -0.4 is 5.73 Å². The van der Waals surface area contributed by atoms with E-state index in [9.17, 15) is 13.2 Å². The fourth-order valence-corrected chi connectivity index (χ4v) is 2.10. The van der Waals surface area contributed by atoms with Crippen molar-refractivity contribution in [3.8, 4) is 0 Å². The maximum Gasteiger partial charge on any atom is 0.194 e. The van der Waals surface area contributed by atoms with E-state index in [2.05, 4.69) is 5.10 Å². The molecule has 2 aromatic rings. The first kappa shape index (κ1) is 14.6. The average molecular weight is 283 g/mol. The van der Waals surface area contributed by atoms with Crippen molar-refractivity contribution in [3.63, 3.8) is 0 Å². The summed E-state index contributed by atoms with van der Waals surface area (Å²) in [6.45, 7) is 4.38. The Kier molecular flexibility index (Phi) is 4.13. The van der Waals surface area contributed by atoms with E-state index in [0.29, 0.717) is 18.7 Å². The largest absolute Gasteiger partial charge is 0.319 e. The molecule has 6 heteroatoms. The molecule has 108 valence electrons. The molecule has 0 fully saturated rings. The van der Waals surface area contributed by atoms with Gasteiger partial charge in [-0.2, -0.15) is 5.10 Å². The maximum absolute atomic E-state index is 13.8. The molecule has 0 saturated carbocycles. The van der Waals surface area contributed by atoms with Gasteiger partial charge in [-0.15, -0.1) is 0 Å². The van der Waals surface area contributed by atoms with E-state index < -0.39 is 23.5 Å². The summed E-state index contributed by atoms with van der Waals surface area (Å²) < 4.78 is 41.7. The Morgan fingerprint density at radius 2 is 1.90 bits per heavy atom. The zero-order valence-corrected chi connectivity index (χ0v) is 11.3. The maximum atomic E-state index is 13.8. The number of hydrogen-bond donors (Lipinski definition) is 1. The monoisotopic (exact) mass is 283 g/mol. The van der Waals surface area contributed by atoms with Gasteiger partial charge in [0, 0.05) is 12.1 Å². The van der Waals surface area contributed by atoms with Crippen molar-refractivity contribution in [2.75, 3.05) is 0 Å². The van der Waals surface area contributed by atoms with Crippen molar-refractivity contribution in [3.05, 3.63) is 52.6 Å². The second-order valence-electron chi connectivity index (χ2n) is 4.47. The second kappa shape index (κ2) is 5.66. The van der Waals surface area contributed by atoms with Gasteiger partial charge < -0.3 is 5.73 Å². The van der Waals surface area contributed by atoms with Gasteiger partial charge in [-0.05, 0) is 25.5 Å². The number of rotatable bonds is 4. The number of halogens is 3. The van der Waals surface area contributed by atoms with E-state index >= 15 is 0 Å². The van der Waals surface area contributed by atoms with Crippen LogP contribution in [-0.2, 0) is 13.0 Å². The summed E-state index contributed by atoms with van der Waals surface area (Å²) in [6, 6.07) is 2.91. The van der Waals surface area contributed by atoms with Gasteiger partial charge in [0.2, 0.25) is 0 Å². The first-order valence-electron chi connectivity index (χ1n) is 6.45. The van der Waals surface area contributed by atoms with Crippen LogP contribution in [0.3, 0.4) is 0 Å². The summed E-state index contributed by atoms with van der Waals surface area (Å²) in [7, 11) is 0. The summed E-state index contributed by atoms with van der Waals surface area (Å²) >= 11 is 0. The lowest BCUT2D eigenvalue weighted by atomic mass is 10.0. The van der Waals surface area contributed by atoms with Crippen molar-refractivity contribution in [2.45, 2.75) is 32.9 Å². The van der Waals surface area contributed by atoms with Crippen molar-refractivity contribution in [1.29, 1.82) is 0 Å². The predicted molar refractivity (Wildman–Crippen MR) is 69.6 cm³/mol. The smallest absolute Gasteiger partial charge is 0.194 e. The first-order chi connectivity index (χ1) is 9.49. The molecule has 0 aliphatic carbocycles. The molecular formula is C14H16F3N3. The zero-order valence-electron chi connectivity index (χ0n) is 11.3. The second-order valence-corrected chi connectivity index (χ2v) is 4.47. The number of nitrogens with two attached hydrogens (primary N) is 1. The van der Waals surface area contributed by atoms with Gasteiger partial charge in [0.15, 0.2) is 17.5 Å². The highest BCUT2D eigenvalue weighted by atomic mass is 19.2. The van der Waals surface area contributed by atoms with Crippen LogP contribution in [0.5, 0.6) is 0 Å². The molecule has 1 aromatic heterocycles. The minimum atomic E-state index is -1.50. The Bertz CT molecular complexity index is 622. The molecule has 0 aliphatic heterocycles. The lowest BCUT2D eigenvalue weighted by Crippen LogP contribution is -2.19. The molecule has 0 amide bonds. The van der Waals surface area contributed by atoms with Crippen molar-refractivity contribution >= 4 is 0 Å². The highest BCUT2D eigenvalue weighted by Crippen LogP contribution is 2.25. The molecule has 3 nitrogen and oxygen atoms in total. The van der Waals surface area contributed by atoms with Crippen LogP contribution in [-0.4, -0.2) is 9.78 Å². The highest BCUT2D eigenvalue weighted by Gasteiger charge is 2.22. The fourth-order valence-electron chi connectivity index (χ4n) is 2.10. The zero-order chi connectivity index (χ0) is 14.9. The molecule has 1 unspecified atom stereocenters. The van der Waals surface area contributed by atoms with Gasteiger partial charge >= 0.3 is 0 Å². The number of hydrogen-bond acceptors (Lipinski definition) is 2. The Hall–Kier alpha value is -1.82. The van der Waals surface area contributed by atoms with Crippen LogP contribution in [0.1, 0.15) is 36.8 Å². The lowest BCUT2D eigenvalue weighted by molar-refractivity contribution is 0.437. The first-order valence-corrected chi connectivity index (χ1v) is 6.45. The molecule has 20 heavy (non-hydrogen) atoms. The quantitative estimate of drug-likeness (QED) is 0.877. The number of nitrogens with zero attached hydrogens (tertiary/aromatic N) is 2. The van der Waals surface area contributed by atoms with Crippen LogP contribution in [0.2, 0.25) is 0 Å². The van der Waals surface area contributed by atoms with Crippen LogP contribution >= 0.6 is 0 Å². The summed E-state index contributed by atoms with van der Waals surface area (Å²) in [5.41, 5.74) is 7.31. The third-order valence-corrected chi connectivity index (χ3v) is 3.24.